The molecule has 51 heavy (non-hydrogen) atoms. The molecular weight excluding hydrogens is 627 g/mol. The molecule has 0 aliphatic carbocycles. The maximum atomic E-state index is 11.6. The van der Waals surface area contributed by atoms with Gasteiger partial charge in [-0.05, 0) is 65.2 Å². The van der Waals surface area contributed by atoms with Crippen molar-refractivity contribution < 1.29 is 9.52 Å². The third-order valence-electron chi connectivity index (χ3n) is 9.77. The largest absolute Gasteiger partial charge is 0.507 e. The first-order chi connectivity index (χ1) is 25.2. The van der Waals surface area contributed by atoms with Crippen LogP contribution < -0.4 is 0 Å². The quantitative estimate of drug-likeness (QED) is 0.200. The fourth-order valence-corrected chi connectivity index (χ4v) is 7.41. The van der Waals surface area contributed by atoms with Gasteiger partial charge in [-0.15, -0.1) is 0 Å². The molecule has 0 radical (unpaired) electrons. The summed E-state index contributed by atoms with van der Waals surface area (Å²) in [4.78, 5) is 10.0. The van der Waals surface area contributed by atoms with E-state index in [9.17, 15) is 5.11 Å². The molecule has 0 fully saturated rings. The second-order valence-electron chi connectivity index (χ2n) is 12.8. The number of aromatic hydroxyl groups is 1. The summed E-state index contributed by atoms with van der Waals surface area (Å²) in [6.45, 7) is 0. The van der Waals surface area contributed by atoms with Crippen LogP contribution in [0.4, 0.5) is 0 Å². The molecule has 5 heteroatoms. The van der Waals surface area contributed by atoms with Gasteiger partial charge < -0.3 is 9.52 Å². The van der Waals surface area contributed by atoms with Gasteiger partial charge in [0.1, 0.15) is 22.7 Å². The minimum Gasteiger partial charge on any atom is -0.507 e. The maximum Gasteiger partial charge on any atom is 0.148 e. The number of benzene rings is 6. The summed E-state index contributed by atoms with van der Waals surface area (Å²) in [6.07, 6.45) is 1.82. The van der Waals surface area contributed by atoms with Crippen molar-refractivity contribution in [3.8, 4) is 56.3 Å². The zero-order chi connectivity index (χ0) is 33.9. The van der Waals surface area contributed by atoms with Gasteiger partial charge in [-0.25, -0.2) is 4.98 Å². The van der Waals surface area contributed by atoms with Gasteiger partial charge in [-0.3, -0.25) is 9.55 Å². The summed E-state index contributed by atoms with van der Waals surface area (Å²) in [5.41, 5.74) is 10.6. The number of nitrogens with zero attached hydrogens (tertiary/aromatic N) is 3. The Morgan fingerprint density at radius 2 is 1.18 bits per heavy atom. The Balaban J connectivity index is 1.27. The SMILES string of the molecule is Oc1ccc2c(oc3c(-c4ccccc4)cccc32)c1-c1cc(-c2ccccc2)cc(-n2c3ccccc3c3ccc(-c4ccccn4)cc32)n1. The van der Waals surface area contributed by atoms with Gasteiger partial charge in [0.15, 0.2) is 0 Å². The highest BCUT2D eigenvalue weighted by Gasteiger charge is 2.22. The Morgan fingerprint density at radius 1 is 0.471 bits per heavy atom. The van der Waals surface area contributed by atoms with Crippen LogP contribution in [-0.2, 0) is 0 Å². The van der Waals surface area contributed by atoms with Crippen molar-refractivity contribution in [3.63, 3.8) is 0 Å². The van der Waals surface area contributed by atoms with Gasteiger partial charge in [-0.1, -0.05) is 115 Å². The van der Waals surface area contributed by atoms with Gasteiger partial charge in [0, 0.05) is 38.9 Å². The molecule has 0 aliphatic heterocycles. The Kier molecular flexibility index (Phi) is 6.58. The van der Waals surface area contributed by atoms with E-state index in [4.69, 9.17) is 9.40 Å². The summed E-state index contributed by atoms with van der Waals surface area (Å²) >= 11 is 0. The highest BCUT2D eigenvalue weighted by Crippen LogP contribution is 2.44. The normalized spacial score (nSPS) is 11.6. The van der Waals surface area contributed by atoms with Crippen molar-refractivity contribution in [1.82, 2.24) is 14.5 Å². The standard InChI is InChI=1S/C46H29N3O2/c50-42-24-23-37-36-18-11-17-33(30-14-5-2-6-15-30)45(36)51-46(37)44(42)39-26-32(29-12-3-1-4-13-29)28-43(48-39)49-40-20-8-7-16-34(40)35-22-21-31(27-41(35)49)38-19-9-10-25-47-38/h1-28,50H. The summed E-state index contributed by atoms with van der Waals surface area (Å²) in [5, 5.41) is 15.8. The monoisotopic (exact) mass is 655 g/mol. The van der Waals surface area contributed by atoms with Crippen molar-refractivity contribution in [1.29, 1.82) is 0 Å². The van der Waals surface area contributed by atoms with Gasteiger partial charge in [0.2, 0.25) is 0 Å². The number of phenols is 1. The number of phenolic OH excluding ortho intramolecular Hbond substituents is 1. The Hall–Kier alpha value is -6.98. The predicted octanol–water partition coefficient (Wildman–Crippen LogP) is 11.8. The molecule has 5 nitrogen and oxygen atoms in total. The molecule has 4 aromatic heterocycles. The van der Waals surface area contributed by atoms with E-state index in [1.54, 1.807) is 6.07 Å². The van der Waals surface area contributed by atoms with Crippen LogP contribution in [-0.4, -0.2) is 19.6 Å². The van der Waals surface area contributed by atoms with E-state index >= 15 is 0 Å². The summed E-state index contributed by atoms with van der Waals surface area (Å²) in [7, 11) is 0. The number of rotatable bonds is 5. The highest BCUT2D eigenvalue weighted by molar-refractivity contribution is 6.14. The molecule has 4 heterocycles. The molecule has 0 bridgehead atoms. The van der Waals surface area contributed by atoms with E-state index in [0.29, 0.717) is 16.8 Å². The molecule has 0 amide bonds. The molecule has 1 N–H and O–H groups in total. The van der Waals surface area contributed by atoms with E-state index < -0.39 is 0 Å². The van der Waals surface area contributed by atoms with Crippen LogP contribution in [0.15, 0.2) is 174 Å². The summed E-state index contributed by atoms with van der Waals surface area (Å²) in [5.74, 6) is 0.833. The zero-order valence-corrected chi connectivity index (χ0v) is 27.4. The van der Waals surface area contributed by atoms with Crippen LogP contribution >= 0.6 is 0 Å². The van der Waals surface area contributed by atoms with Gasteiger partial charge in [-0.2, -0.15) is 0 Å². The Labute approximate surface area is 293 Å². The van der Waals surface area contributed by atoms with Crippen LogP contribution in [0.3, 0.4) is 0 Å². The van der Waals surface area contributed by atoms with Crippen LogP contribution in [0, 0.1) is 0 Å². The number of hydrogen-bond donors (Lipinski definition) is 1. The van der Waals surface area contributed by atoms with E-state index in [1.807, 2.05) is 72.9 Å². The zero-order valence-electron chi connectivity index (χ0n) is 27.4. The van der Waals surface area contributed by atoms with Crippen LogP contribution in [0.5, 0.6) is 5.75 Å². The average molecular weight is 656 g/mol. The lowest BCUT2D eigenvalue weighted by Gasteiger charge is -2.14. The maximum absolute atomic E-state index is 11.6. The molecule has 240 valence electrons. The highest BCUT2D eigenvalue weighted by atomic mass is 16.3. The molecule has 0 atom stereocenters. The number of aromatic nitrogens is 3. The molecule has 0 saturated heterocycles. The minimum absolute atomic E-state index is 0.103. The third-order valence-corrected chi connectivity index (χ3v) is 9.77. The molecule has 0 unspecified atom stereocenters. The van der Waals surface area contributed by atoms with E-state index in [1.165, 1.54) is 0 Å². The van der Waals surface area contributed by atoms with Crippen molar-refractivity contribution in [2.75, 3.05) is 0 Å². The predicted molar refractivity (Wildman–Crippen MR) is 207 cm³/mol. The number of furan rings is 1. The number of para-hydroxylation sites is 2. The third kappa shape index (κ3) is 4.71. The van der Waals surface area contributed by atoms with Gasteiger partial charge in [0.05, 0.1) is 28.0 Å². The van der Waals surface area contributed by atoms with Crippen molar-refractivity contribution >= 4 is 43.7 Å². The lowest BCUT2D eigenvalue weighted by atomic mass is 9.99. The molecule has 0 aliphatic rings. The van der Waals surface area contributed by atoms with Crippen molar-refractivity contribution in [2.24, 2.45) is 0 Å². The van der Waals surface area contributed by atoms with Gasteiger partial charge >= 0.3 is 0 Å². The van der Waals surface area contributed by atoms with E-state index in [2.05, 4.69) is 101 Å². The van der Waals surface area contributed by atoms with E-state index in [-0.39, 0.29) is 5.75 Å². The average Bonchev–Trinajstić information content (AvgIpc) is 3.74. The van der Waals surface area contributed by atoms with Crippen LogP contribution in [0.25, 0.3) is 94.3 Å². The van der Waals surface area contributed by atoms with E-state index in [0.717, 1.165) is 77.5 Å². The first-order valence-electron chi connectivity index (χ1n) is 17.0. The minimum atomic E-state index is 0.103. The van der Waals surface area contributed by atoms with Crippen molar-refractivity contribution in [3.05, 3.63) is 170 Å². The Morgan fingerprint density at radius 3 is 2.00 bits per heavy atom. The molecule has 6 aromatic carbocycles. The molecule has 0 saturated carbocycles. The fraction of sp³-hybridized carbons (Fsp3) is 0. The second kappa shape index (κ2) is 11.6. The van der Waals surface area contributed by atoms with Gasteiger partial charge in [0.25, 0.3) is 0 Å². The Bertz CT molecular complexity index is 2910. The molecule has 10 aromatic rings. The molecule has 10 rings (SSSR count). The number of pyridine rings is 2. The number of hydrogen-bond acceptors (Lipinski definition) is 4. The lowest BCUT2D eigenvalue weighted by molar-refractivity contribution is 0.477. The first kappa shape index (κ1) is 29.0. The summed E-state index contributed by atoms with van der Waals surface area (Å²) < 4.78 is 8.99. The molecule has 0 spiro atoms. The second-order valence-corrected chi connectivity index (χ2v) is 12.8. The van der Waals surface area contributed by atoms with Crippen LogP contribution in [0.2, 0.25) is 0 Å². The summed E-state index contributed by atoms with van der Waals surface area (Å²) in [6, 6.07) is 55.5. The van der Waals surface area contributed by atoms with Crippen molar-refractivity contribution in [2.45, 2.75) is 0 Å². The molecular formula is C46H29N3O2. The fourth-order valence-electron chi connectivity index (χ4n) is 7.41. The smallest absolute Gasteiger partial charge is 0.148 e. The first-order valence-corrected chi connectivity index (χ1v) is 17.0. The topological polar surface area (TPSA) is 64.1 Å². The number of fused-ring (bicyclic) bond motifs is 6. The van der Waals surface area contributed by atoms with Crippen LogP contribution in [0.1, 0.15) is 0 Å². The lowest BCUT2D eigenvalue weighted by Crippen LogP contribution is -2.00.